The number of rotatable bonds is 3. The number of halogens is 3. The van der Waals surface area contributed by atoms with Gasteiger partial charge in [0.25, 0.3) is 0 Å². The van der Waals surface area contributed by atoms with Gasteiger partial charge in [-0.25, -0.2) is 9.37 Å². The third kappa shape index (κ3) is 2.54. The van der Waals surface area contributed by atoms with Crippen LogP contribution in [0.4, 0.5) is 4.39 Å². The maximum atomic E-state index is 13.2. The van der Waals surface area contributed by atoms with Crippen LogP contribution in [-0.4, -0.2) is 9.55 Å². The lowest BCUT2D eigenvalue weighted by Gasteiger charge is -2.03. The smallest absolute Gasteiger partial charge is 0.142 e. The molecule has 0 fully saturated rings. The van der Waals surface area contributed by atoms with Crippen molar-refractivity contribution in [3.63, 3.8) is 0 Å². The average Bonchev–Trinajstić information content (AvgIpc) is 2.71. The molecule has 0 saturated carbocycles. The monoisotopic (exact) mass is 258 g/mol. The molecule has 2 aromatic rings. The summed E-state index contributed by atoms with van der Waals surface area (Å²) in [5.74, 6) is -0.0287. The maximum absolute atomic E-state index is 13.2. The van der Waals surface area contributed by atoms with Crippen LogP contribution in [0, 0.1) is 5.82 Å². The van der Waals surface area contributed by atoms with Crippen molar-refractivity contribution in [2.24, 2.45) is 0 Å². The van der Waals surface area contributed by atoms with Gasteiger partial charge < -0.3 is 4.57 Å². The zero-order chi connectivity index (χ0) is 11.5. The number of hydrogen-bond donors (Lipinski definition) is 0. The van der Waals surface area contributed by atoms with Gasteiger partial charge in [-0.3, -0.25) is 0 Å². The van der Waals surface area contributed by atoms with Gasteiger partial charge in [0.05, 0.1) is 22.9 Å². The van der Waals surface area contributed by atoms with Crippen molar-refractivity contribution in [1.82, 2.24) is 9.55 Å². The molecule has 0 amide bonds. The van der Waals surface area contributed by atoms with E-state index in [1.165, 1.54) is 6.07 Å². The molecule has 0 aliphatic carbocycles. The first-order valence-corrected chi connectivity index (χ1v) is 5.61. The van der Waals surface area contributed by atoms with E-state index in [9.17, 15) is 4.39 Å². The Hall–Kier alpha value is -1.06. The summed E-state index contributed by atoms with van der Waals surface area (Å²) in [6.07, 6.45) is 3.50. The second-order valence-corrected chi connectivity index (χ2v) is 4.09. The van der Waals surface area contributed by atoms with Gasteiger partial charge in [0.2, 0.25) is 0 Å². The fourth-order valence-electron chi connectivity index (χ4n) is 1.41. The van der Waals surface area contributed by atoms with Crippen molar-refractivity contribution in [2.75, 3.05) is 0 Å². The fourth-order valence-corrected chi connectivity index (χ4v) is 1.67. The zero-order valence-electron chi connectivity index (χ0n) is 8.33. The molecular formula is C11H9Cl2FN2. The SMILES string of the molecule is Fc1cc(Cn2cnc(CCl)c2)ccc1Cl. The molecule has 0 aliphatic rings. The first-order chi connectivity index (χ1) is 7.69. The van der Waals surface area contributed by atoms with Crippen LogP contribution in [0.15, 0.2) is 30.7 Å². The number of imidazole rings is 1. The molecule has 0 atom stereocenters. The van der Waals surface area contributed by atoms with Crippen molar-refractivity contribution >= 4 is 23.2 Å². The lowest BCUT2D eigenvalue weighted by atomic mass is 10.2. The highest BCUT2D eigenvalue weighted by molar-refractivity contribution is 6.30. The Balaban J connectivity index is 2.17. The molecular weight excluding hydrogens is 250 g/mol. The topological polar surface area (TPSA) is 17.8 Å². The second kappa shape index (κ2) is 4.85. The molecule has 0 saturated heterocycles. The van der Waals surface area contributed by atoms with E-state index in [1.807, 2.05) is 10.8 Å². The summed E-state index contributed by atoms with van der Waals surface area (Å²) in [7, 11) is 0. The van der Waals surface area contributed by atoms with Gasteiger partial charge >= 0.3 is 0 Å². The molecule has 1 aromatic heterocycles. The number of hydrogen-bond acceptors (Lipinski definition) is 1. The predicted molar refractivity (Wildman–Crippen MR) is 62.3 cm³/mol. The lowest BCUT2D eigenvalue weighted by Crippen LogP contribution is -1.97. The Labute approximate surface area is 103 Å². The summed E-state index contributed by atoms with van der Waals surface area (Å²) in [6, 6.07) is 4.75. The second-order valence-electron chi connectivity index (χ2n) is 3.42. The molecule has 0 radical (unpaired) electrons. The van der Waals surface area contributed by atoms with E-state index in [0.29, 0.717) is 12.4 Å². The minimum atomic E-state index is -0.406. The van der Waals surface area contributed by atoms with Crippen LogP contribution in [0.25, 0.3) is 0 Å². The highest BCUT2D eigenvalue weighted by Gasteiger charge is 2.02. The third-order valence-corrected chi connectivity index (χ3v) is 2.75. The van der Waals surface area contributed by atoms with Crippen LogP contribution in [0.1, 0.15) is 11.3 Å². The van der Waals surface area contributed by atoms with Crippen molar-refractivity contribution in [1.29, 1.82) is 0 Å². The molecule has 0 N–H and O–H groups in total. The molecule has 0 aliphatic heterocycles. The van der Waals surface area contributed by atoms with E-state index in [4.69, 9.17) is 23.2 Å². The summed E-state index contributed by atoms with van der Waals surface area (Å²) in [4.78, 5) is 4.08. The van der Waals surface area contributed by atoms with Crippen molar-refractivity contribution in [3.05, 3.63) is 52.8 Å². The van der Waals surface area contributed by atoms with Gasteiger partial charge in [0.1, 0.15) is 5.82 Å². The first kappa shape index (κ1) is 11.4. The van der Waals surface area contributed by atoms with Gasteiger partial charge in [0.15, 0.2) is 0 Å². The number of nitrogens with zero attached hydrogens (tertiary/aromatic N) is 2. The summed E-state index contributed by atoms with van der Waals surface area (Å²) >= 11 is 11.2. The largest absolute Gasteiger partial charge is 0.333 e. The van der Waals surface area contributed by atoms with Crippen LogP contribution in [0.3, 0.4) is 0 Å². The Kier molecular flexibility index (Phi) is 3.46. The quantitative estimate of drug-likeness (QED) is 0.772. The Morgan fingerprint density at radius 3 is 2.81 bits per heavy atom. The summed E-state index contributed by atoms with van der Waals surface area (Å²) in [5.41, 5.74) is 1.64. The molecule has 16 heavy (non-hydrogen) atoms. The summed E-state index contributed by atoms with van der Waals surface area (Å²) in [6.45, 7) is 0.554. The molecule has 1 heterocycles. The Morgan fingerprint density at radius 2 is 2.19 bits per heavy atom. The third-order valence-electron chi connectivity index (χ3n) is 2.17. The van der Waals surface area contributed by atoms with E-state index in [-0.39, 0.29) is 5.02 Å². The average molecular weight is 259 g/mol. The number of aromatic nitrogens is 2. The molecule has 0 spiro atoms. The zero-order valence-corrected chi connectivity index (χ0v) is 9.84. The lowest BCUT2D eigenvalue weighted by molar-refractivity contribution is 0.624. The van der Waals surface area contributed by atoms with Gasteiger partial charge in [-0.05, 0) is 17.7 Å². The highest BCUT2D eigenvalue weighted by atomic mass is 35.5. The van der Waals surface area contributed by atoms with Crippen molar-refractivity contribution in [3.8, 4) is 0 Å². The summed E-state index contributed by atoms with van der Waals surface area (Å²) in [5, 5.41) is 0.135. The minimum absolute atomic E-state index is 0.135. The van der Waals surface area contributed by atoms with Crippen LogP contribution < -0.4 is 0 Å². The summed E-state index contributed by atoms with van der Waals surface area (Å²) < 4.78 is 15.0. The molecule has 2 nitrogen and oxygen atoms in total. The van der Waals surface area contributed by atoms with Gasteiger partial charge in [-0.1, -0.05) is 17.7 Å². The van der Waals surface area contributed by atoms with Crippen LogP contribution in [-0.2, 0) is 12.4 Å². The number of benzene rings is 1. The fraction of sp³-hybridized carbons (Fsp3) is 0.182. The van der Waals surface area contributed by atoms with Gasteiger partial charge in [0, 0.05) is 12.7 Å². The van der Waals surface area contributed by atoms with Crippen molar-refractivity contribution < 1.29 is 4.39 Å². The maximum Gasteiger partial charge on any atom is 0.142 e. The van der Waals surface area contributed by atoms with Crippen LogP contribution in [0.2, 0.25) is 5.02 Å². The molecule has 0 bridgehead atoms. The van der Waals surface area contributed by atoms with E-state index >= 15 is 0 Å². The van der Waals surface area contributed by atoms with E-state index in [0.717, 1.165) is 11.3 Å². The van der Waals surface area contributed by atoms with Crippen LogP contribution >= 0.6 is 23.2 Å². The predicted octanol–water partition coefficient (Wildman–Crippen LogP) is 3.46. The standard InChI is InChI=1S/C11H9Cl2FN2/c12-4-9-6-16(7-15-9)5-8-1-2-10(13)11(14)3-8/h1-3,6-7H,4-5H2. The minimum Gasteiger partial charge on any atom is -0.333 e. The number of alkyl halides is 1. The van der Waals surface area contributed by atoms with E-state index in [1.54, 1.807) is 18.5 Å². The molecule has 5 heteroatoms. The molecule has 0 unspecified atom stereocenters. The Morgan fingerprint density at radius 1 is 1.38 bits per heavy atom. The van der Waals surface area contributed by atoms with E-state index in [2.05, 4.69) is 4.98 Å². The molecule has 1 aromatic carbocycles. The van der Waals surface area contributed by atoms with Gasteiger partial charge in [-0.2, -0.15) is 0 Å². The van der Waals surface area contributed by atoms with E-state index < -0.39 is 5.82 Å². The molecule has 84 valence electrons. The first-order valence-electron chi connectivity index (χ1n) is 4.69. The van der Waals surface area contributed by atoms with Crippen molar-refractivity contribution in [2.45, 2.75) is 12.4 Å². The molecule has 2 rings (SSSR count). The highest BCUT2D eigenvalue weighted by Crippen LogP contribution is 2.16. The Bertz CT molecular complexity index is 496. The van der Waals surface area contributed by atoms with Gasteiger partial charge in [-0.15, -0.1) is 11.6 Å². The van der Waals surface area contributed by atoms with Crippen LogP contribution in [0.5, 0.6) is 0 Å². The normalized spacial score (nSPS) is 10.7.